The van der Waals surface area contributed by atoms with Gasteiger partial charge < -0.3 is 5.32 Å². The normalized spacial score (nSPS) is 11.8. The molecule has 0 radical (unpaired) electrons. The molecule has 1 atom stereocenters. The summed E-state index contributed by atoms with van der Waals surface area (Å²) >= 11 is 0. The largest absolute Gasteiger partial charge is 0.340 e. The number of hydrogen-bond donors (Lipinski definition) is 3. The number of amides is 3. The molecule has 2 aromatic rings. The maximum atomic E-state index is 12.6. The summed E-state index contributed by atoms with van der Waals surface area (Å²) in [6.07, 6.45) is 0.441. The zero-order valence-electron chi connectivity index (χ0n) is 17.6. The first-order valence-corrected chi connectivity index (χ1v) is 9.63. The van der Waals surface area contributed by atoms with Gasteiger partial charge in [-0.3, -0.25) is 29.9 Å². The van der Waals surface area contributed by atoms with Gasteiger partial charge in [0.25, 0.3) is 17.7 Å². The van der Waals surface area contributed by atoms with Crippen molar-refractivity contribution < 1.29 is 14.4 Å². The van der Waals surface area contributed by atoms with E-state index in [0.29, 0.717) is 12.0 Å². The molecule has 29 heavy (non-hydrogen) atoms. The van der Waals surface area contributed by atoms with Gasteiger partial charge in [0.15, 0.2) is 0 Å². The molecule has 1 aromatic carbocycles. The van der Waals surface area contributed by atoms with Crippen LogP contribution in [0.4, 0.5) is 0 Å². The summed E-state index contributed by atoms with van der Waals surface area (Å²) in [5.41, 5.74) is 7.82. The Kier molecular flexibility index (Phi) is 7.52. The lowest BCUT2D eigenvalue weighted by Crippen LogP contribution is -2.53. The van der Waals surface area contributed by atoms with Crippen LogP contribution in [0.1, 0.15) is 47.6 Å². The van der Waals surface area contributed by atoms with E-state index in [2.05, 4.69) is 21.3 Å². The number of hydrazine groups is 1. The van der Waals surface area contributed by atoms with E-state index in [1.807, 2.05) is 52.8 Å². The van der Waals surface area contributed by atoms with Crippen molar-refractivity contribution in [1.82, 2.24) is 25.9 Å². The fourth-order valence-corrected chi connectivity index (χ4v) is 3.00. The van der Waals surface area contributed by atoms with Gasteiger partial charge in [0.05, 0.1) is 5.69 Å². The van der Waals surface area contributed by atoms with Crippen molar-refractivity contribution in [2.45, 2.75) is 53.6 Å². The van der Waals surface area contributed by atoms with Crippen LogP contribution in [-0.4, -0.2) is 33.5 Å². The smallest absolute Gasteiger partial charge is 0.260 e. The number of rotatable bonds is 7. The molecule has 2 rings (SSSR count). The van der Waals surface area contributed by atoms with E-state index in [1.165, 1.54) is 0 Å². The molecule has 0 saturated carbocycles. The minimum Gasteiger partial charge on any atom is -0.340 e. The van der Waals surface area contributed by atoms with Crippen molar-refractivity contribution in [2.24, 2.45) is 5.92 Å². The first kappa shape index (κ1) is 22.1. The number of aryl methyl sites for hydroxylation is 3. The highest BCUT2D eigenvalue weighted by Gasteiger charge is 2.23. The third-order valence-electron chi connectivity index (χ3n) is 4.44. The SMILES string of the molecule is Cc1cc(C)n(CC(=O)NNC(=O)[C@@H](CC(C)C)NC(=O)c2ccccc2C)n1. The Morgan fingerprint density at radius 3 is 2.34 bits per heavy atom. The lowest BCUT2D eigenvalue weighted by molar-refractivity contribution is -0.130. The van der Waals surface area contributed by atoms with Crippen LogP contribution >= 0.6 is 0 Å². The Balaban J connectivity index is 1.97. The second-order valence-electron chi connectivity index (χ2n) is 7.59. The van der Waals surface area contributed by atoms with Crippen LogP contribution in [0, 0.1) is 26.7 Å². The average molecular weight is 399 g/mol. The summed E-state index contributed by atoms with van der Waals surface area (Å²) in [6, 6.07) is 8.28. The molecule has 1 aromatic heterocycles. The molecule has 0 fully saturated rings. The zero-order chi connectivity index (χ0) is 21.6. The maximum Gasteiger partial charge on any atom is 0.260 e. The minimum atomic E-state index is -0.768. The van der Waals surface area contributed by atoms with Gasteiger partial charge in [-0.1, -0.05) is 32.0 Å². The van der Waals surface area contributed by atoms with Crippen molar-refractivity contribution in [3.63, 3.8) is 0 Å². The van der Waals surface area contributed by atoms with Crippen LogP contribution < -0.4 is 16.2 Å². The Bertz CT molecular complexity index is 888. The Morgan fingerprint density at radius 2 is 1.76 bits per heavy atom. The molecule has 0 aliphatic rings. The Morgan fingerprint density at radius 1 is 1.07 bits per heavy atom. The van der Waals surface area contributed by atoms with Gasteiger partial charge >= 0.3 is 0 Å². The summed E-state index contributed by atoms with van der Waals surface area (Å²) in [5.74, 6) is -1.02. The van der Waals surface area contributed by atoms with Crippen LogP contribution in [0.3, 0.4) is 0 Å². The number of aromatic nitrogens is 2. The fourth-order valence-electron chi connectivity index (χ4n) is 3.00. The van der Waals surface area contributed by atoms with Crippen molar-refractivity contribution in [2.75, 3.05) is 0 Å². The molecule has 3 amide bonds. The third-order valence-corrected chi connectivity index (χ3v) is 4.44. The molecule has 3 N–H and O–H groups in total. The average Bonchev–Trinajstić information content (AvgIpc) is 2.95. The minimum absolute atomic E-state index is 0.00955. The van der Waals surface area contributed by atoms with E-state index in [9.17, 15) is 14.4 Å². The van der Waals surface area contributed by atoms with Crippen molar-refractivity contribution in [3.8, 4) is 0 Å². The Hall–Kier alpha value is -3.16. The number of carbonyl (C=O) groups excluding carboxylic acids is 3. The van der Waals surface area contributed by atoms with Crippen LogP contribution in [0.2, 0.25) is 0 Å². The van der Waals surface area contributed by atoms with E-state index >= 15 is 0 Å². The lowest BCUT2D eigenvalue weighted by Gasteiger charge is -2.21. The molecule has 0 bridgehead atoms. The number of hydrogen-bond acceptors (Lipinski definition) is 4. The van der Waals surface area contributed by atoms with Gasteiger partial charge in [-0.25, -0.2) is 0 Å². The molecule has 0 aliphatic carbocycles. The van der Waals surface area contributed by atoms with Crippen LogP contribution in [0.15, 0.2) is 30.3 Å². The molecule has 156 valence electrons. The summed E-state index contributed by atoms with van der Waals surface area (Å²) in [5, 5.41) is 6.99. The van der Waals surface area contributed by atoms with Gasteiger partial charge in [0.1, 0.15) is 12.6 Å². The maximum absolute atomic E-state index is 12.6. The van der Waals surface area contributed by atoms with Gasteiger partial charge in [-0.2, -0.15) is 5.10 Å². The predicted molar refractivity (Wildman–Crippen MR) is 110 cm³/mol. The topological polar surface area (TPSA) is 105 Å². The highest BCUT2D eigenvalue weighted by molar-refractivity contribution is 5.98. The van der Waals surface area contributed by atoms with Crippen molar-refractivity contribution in [3.05, 3.63) is 52.8 Å². The van der Waals surface area contributed by atoms with Gasteiger partial charge in [-0.05, 0) is 50.8 Å². The molecule has 8 heteroatoms. The van der Waals surface area contributed by atoms with E-state index in [0.717, 1.165) is 17.0 Å². The monoisotopic (exact) mass is 399 g/mol. The standard InChI is InChI=1S/C21H29N5O3/c1-13(2)10-18(22-20(28)17-9-7-6-8-14(17)3)21(29)24-23-19(27)12-26-16(5)11-15(4)25-26/h6-9,11,13,18H,10,12H2,1-5H3,(H,22,28)(H,23,27)(H,24,29)/t18-/m1/s1. The third kappa shape index (κ3) is 6.44. The lowest BCUT2D eigenvalue weighted by atomic mass is 10.0. The zero-order valence-corrected chi connectivity index (χ0v) is 17.6. The van der Waals surface area contributed by atoms with Crippen LogP contribution in [0.25, 0.3) is 0 Å². The Labute approximate surface area is 171 Å². The summed E-state index contributed by atoms with van der Waals surface area (Å²) in [7, 11) is 0. The number of benzene rings is 1. The predicted octanol–water partition coefficient (Wildman–Crippen LogP) is 1.80. The summed E-state index contributed by atoms with van der Waals surface area (Å²) < 4.78 is 1.56. The molecule has 8 nitrogen and oxygen atoms in total. The number of nitrogens with zero attached hydrogens (tertiary/aromatic N) is 2. The second-order valence-corrected chi connectivity index (χ2v) is 7.59. The summed E-state index contributed by atoms with van der Waals surface area (Å²) in [6.45, 7) is 9.45. The first-order chi connectivity index (χ1) is 13.7. The molecular formula is C21H29N5O3. The number of nitrogens with one attached hydrogen (secondary N) is 3. The molecule has 0 aliphatic heterocycles. The molecule has 1 heterocycles. The van der Waals surface area contributed by atoms with Crippen LogP contribution in [0.5, 0.6) is 0 Å². The van der Waals surface area contributed by atoms with Gasteiger partial charge in [-0.15, -0.1) is 0 Å². The van der Waals surface area contributed by atoms with Crippen molar-refractivity contribution in [1.29, 1.82) is 0 Å². The molecular weight excluding hydrogens is 370 g/mol. The molecule has 0 unspecified atom stereocenters. The highest BCUT2D eigenvalue weighted by atomic mass is 16.2. The van der Waals surface area contributed by atoms with E-state index in [1.54, 1.807) is 16.8 Å². The quantitative estimate of drug-likeness (QED) is 0.618. The fraction of sp³-hybridized carbons (Fsp3) is 0.429. The van der Waals surface area contributed by atoms with E-state index in [4.69, 9.17) is 0 Å². The second kappa shape index (κ2) is 9.86. The summed E-state index contributed by atoms with van der Waals surface area (Å²) in [4.78, 5) is 37.3. The van der Waals surface area contributed by atoms with Crippen molar-refractivity contribution >= 4 is 17.7 Å². The van der Waals surface area contributed by atoms with E-state index < -0.39 is 17.9 Å². The van der Waals surface area contributed by atoms with Crippen LogP contribution in [-0.2, 0) is 16.1 Å². The first-order valence-electron chi connectivity index (χ1n) is 9.63. The molecule has 0 spiro atoms. The van der Waals surface area contributed by atoms with Gasteiger partial charge in [0.2, 0.25) is 0 Å². The molecule has 0 saturated heterocycles. The number of carbonyl (C=O) groups is 3. The van der Waals surface area contributed by atoms with Gasteiger partial charge in [0, 0.05) is 11.3 Å². The highest BCUT2D eigenvalue weighted by Crippen LogP contribution is 2.10. The van der Waals surface area contributed by atoms with E-state index in [-0.39, 0.29) is 18.4 Å².